The molecule has 12 heavy (non-hydrogen) atoms. The molecule has 1 saturated heterocycles. The second kappa shape index (κ2) is 4.57. The van der Waals surface area contributed by atoms with Gasteiger partial charge in [-0.25, -0.2) is 0 Å². The van der Waals surface area contributed by atoms with Crippen molar-refractivity contribution in [2.24, 2.45) is 0 Å². The lowest BCUT2D eigenvalue weighted by Crippen LogP contribution is -2.25. The molecule has 4 nitrogen and oxygen atoms in total. The van der Waals surface area contributed by atoms with Crippen LogP contribution in [0.1, 0.15) is 19.3 Å². The quantitative estimate of drug-likeness (QED) is 0.398. The van der Waals surface area contributed by atoms with Crippen LogP contribution >= 0.6 is 0 Å². The predicted octanol–water partition coefficient (Wildman–Crippen LogP) is -0.259. The van der Waals surface area contributed by atoms with Gasteiger partial charge in [0.05, 0.1) is 6.10 Å². The van der Waals surface area contributed by atoms with Gasteiger partial charge in [-0.3, -0.25) is 0 Å². The van der Waals surface area contributed by atoms with Crippen LogP contribution in [0.4, 0.5) is 0 Å². The Bertz CT molecular complexity index is 155. The van der Waals surface area contributed by atoms with E-state index in [2.05, 4.69) is 0 Å². The van der Waals surface area contributed by atoms with Crippen LogP contribution in [0.5, 0.6) is 0 Å². The van der Waals surface area contributed by atoms with Crippen molar-refractivity contribution >= 4 is 0 Å². The SMILES string of the molecule is OC(O)/C=C/C1CCCC(O)O1. The number of hydrogen-bond donors (Lipinski definition) is 3. The average Bonchev–Trinajstić information content (AvgIpc) is 2.01. The molecule has 0 aromatic carbocycles. The van der Waals surface area contributed by atoms with Gasteiger partial charge in [0.15, 0.2) is 12.6 Å². The van der Waals surface area contributed by atoms with Crippen LogP contribution in [0, 0.1) is 0 Å². The summed E-state index contributed by atoms with van der Waals surface area (Å²) in [5.41, 5.74) is 0. The third kappa shape index (κ3) is 3.32. The lowest BCUT2D eigenvalue weighted by atomic mass is 10.1. The maximum absolute atomic E-state index is 9.06. The van der Waals surface area contributed by atoms with Gasteiger partial charge in [-0.2, -0.15) is 0 Å². The maximum Gasteiger partial charge on any atom is 0.171 e. The Balaban J connectivity index is 2.31. The van der Waals surface area contributed by atoms with E-state index in [9.17, 15) is 0 Å². The molecule has 0 radical (unpaired) electrons. The van der Waals surface area contributed by atoms with Gasteiger partial charge in [-0.15, -0.1) is 0 Å². The van der Waals surface area contributed by atoms with E-state index in [-0.39, 0.29) is 6.10 Å². The van der Waals surface area contributed by atoms with Crippen LogP contribution in [0.25, 0.3) is 0 Å². The summed E-state index contributed by atoms with van der Waals surface area (Å²) in [7, 11) is 0. The van der Waals surface area contributed by atoms with E-state index in [4.69, 9.17) is 20.1 Å². The molecule has 1 heterocycles. The highest BCUT2D eigenvalue weighted by Crippen LogP contribution is 2.17. The molecule has 0 aromatic heterocycles. The van der Waals surface area contributed by atoms with E-state index >= 15 is 0 Å². The first-order valence-corrected chi connectivity index (χ1v) is 4.06. The maximum atomic E-state index is 9.06. The summed E-state index contributed by atoms with van der Waals surface area (Å²) in [6.07, 6.45) is 2.85. The Morgan fingerprint density at radius 2 is 2.08 bits per heavy atom. The number of aliphatic hydroxyl groups is 3. The number of hydrogen-bond acceptors (Lipinski definition) is 4. The molecule has 1 aliphatic heterocycles. The zero-order chi connectivity index (χ0) is 8.97. The van der Waals surface area contributed by atoms with Crippen molar-refractivity contribution in [2.75, 3.05) is 0 Å². The fourth-order valence-corrected chi connectivity index (χ4v) is 1.20. The van der Waals surface area contributed by atoms with Crippen molar-refractivity contribution in [1.29, 1.82) is 0 Å². The first-order valence-electron chi connectivity index (χ1n) is 4.06. The zero-order valence-electron chi connectivity index (χ0n) is 6.76. The van der Waals surface area contributed by atoms with Crippen molar-refractivity contribution in [3.63, 3.8) is 0 Å². The summed E-state index contributed by atoms with van der Waals surface area (Å²) >= 11 is 0. The lowest BCUT2D eigenvalue weighted by Gasteiger charge is -2.24. The van der Waals surface area contributed by atoms with Crippen molar-refractivity contribution in [2.45, 2.75) is 37.9 Å². The van der Waals surface area contributed by atoms with Crippen LogP contribution in [-0.4, -0.2) is 34.0 Å². The monoisotopic (exact) mass is 174 g/mol. The first-order chi connectivity index (χ1) is 5.68. The van der Waals surface area contributed by atoms with E-state index in [0.29, 0.717) is 6.42 Å². The average molecular weight is 174 g/mol. The van der Waals surface area contributed by atoms with E-state index in [0.717, 1.165) is 12.8 Å². The van der Waals surface area contributed by atoms with Gasteiger partial charge in [0.25, 0.3) is 0 Å². The van der Waals surface area contributed by atoms with Gasteiger partial charge >= 0.3 is 0 Å². The Labute approximate surface area is 71.1 Å². The Kier molecular flexibility index (Phi) is 3.68. The van der Waals surface area contributed by atoms with Crippen molar-refractivity contribution in [1.82, 2.24) is 0 Å². The first kappa shape index (κ1) is 9.67. The fraction of sp³-hybridized carbons (Fsp3) is 0.750. The highest BCUT2D eigenvalue weighted by Gasteiger charge is 2.17. The molecule has 70 valence electrons. The van der Waals surface area contributed by atoms with Crippen LogP contribution in [-0.2, 0) is 4.74 Å². The molecule has 2 atom stereocenters. The minimum Gasteiger partial charge on any atom is -0.368 e. The molecular formula is C8H14O4. The molecule has 4 heteroatoms. The second-order valence-electron chi connectivity index (χ2n) is 2.86. The van der Waals surface area contributed by atoms with Crippen LogP contribution in [0.2, 0.25) is 0 Å². The van der Waals surface area contributed by atoms with Crippen LogP contribution in [0.15, 0.2) is 12.2 Å². The van der Waals surface area contributed by atoms with Crippen molar-refractivity contribution in [3.05, 3.63) is 12.2 Å². The lowest BCUT2D eigenvalue weighted by molar-refractivity contribution is -0.148. The summed E-state index contributed by atoms with van der Waals surface area (Å²) in [6, 6.07) is 0. The summed E-state index contributed by atoms with van der Waals surface area (Å²) in [5, 5.41) is 26.1. The van der Waals surface area contributed by atoms with Gasteiger partial charge in [-0.05, 0) is 25.3 Å². The third-order valence-corrected chi connectivity index (χ3v) is 1.77. The van der Waals surface area contributed by atoms with E-state index < -0.39 is 12.6 Å². The molecule has 1 fully saturated rings. The highest BCUT2D eigenvalue weighted by molar-refractivity contribution is 4.92. The minimum atomic E-state index is -1.44. The van der Waals surface area contributed by atoms with Gasteiger partial charge in [-0.1, -0.05) is 6.08 Å². The third-order valence-electron chi connectivity index (χ3n) is 1.77. The Morgan fingerprint density at radius 1 is 1.33 bits per heavy atom. The number of aliphatic hydroxyl groups excluding tert-OH is 2. The molecule has 3 N–H and O–H groups in total. The molecule has 0 aromatic rings. The molecule has 0 aliphatic carbocycles. The molecule has 1 rings (SSSR count). The highest BCUT2D eigenvalue weighted by atomic mass is 16.6. The van der Waals surface area contributed by atoms with Crippen LogP contribution in [0.3, 0.4) is 0 Å². The van der Waals surface area contributed by atoms with Crippen molar-refractivity contribution in [3.8, 4) is 0 Å². The summed E-state index contributed by atoms with van der Waals surface area (Å²) < 4.78 is 5.08. The van der Waals surface area contributed by atoms with E-state index in [1.165, 1.54) is 6.08 Å². The minimum absolute atomic E-state index is 0.185. The zero-order valence-corrected chi connectivity index (χ0v) is 6.76. The summed E-state index contributed by atoms with van der Waals surface area (Å²) in [6.45, 7) is 0. The van der Waals surface area contributed by atoms with Gasteiger partial charge < -0.3 is 20.1 Å². The Hall–Kier alpha value is -0.420. The molecule has 0 amide bonds. The summed E-state index contributed by atoms with van der Waals surface area (Å²) in [5.74, 6) is 0. The molecule has 0 saturated carbocycles. The molecule has 0 bridgehead atoms. The predicted molar refractivity (Wildman–Crippen MR) is 42.1 cm³/mol. The van der Waals surface area contributed by atoms with Gasteiger partial charge in [0.2, 0.25) is 0 Å². The second-order valence-corrected chi connectivity index (χ2v) is 2.86. The summed E-state index contributed by atoms with van der Waals surface area (Å²) in [4.78, 5) is 0. The molecule has 2 unspecified atom stereocenters. The van der Waals surface area contributed by atoms with Gasteiger partial charge in [0, 0.05) is 0 Å². The fourth-order valence-electron chi connectivity index (χ4n) is 1.20. The standard InChI is InChI=1S/C8H14O4/c9-7(10)5-4-6-2-1-3-8(11)12-6/h4-11H,1-3H2/b5-4+. The number of ether oxygens (including phenoxy) is 1. The van der Waals surface area contributed by atoms with E-state index in [1.807, 2.05) is 0 Å². The van der Waals surface area contributed by atoms with E-state index in [1.54, 1.807) is 6.08 Å². The van der Waals surface area contributed by atoms with Gasteiger partial charge in [0.1, 0.15) is 0 Å². The van der Waals surface area contributed by atoms with Crippen molar-refractivity contribution < 1.29 is 20.1 Å². The number of rotatable bonds is 2. The molecular weight excluding hydrogens is 160 g/mol. The normalized spacial score (nSPS) is 31.7. The molecule has 1 aliphatic rings. The smallest absolute Gasteiger partial charge is 0.171 e. The largest absolute Gasteiger partial charge is 0.368 e. The molecule has 0 spiro atoms. The Morgan fingerprint density at radius 3 is 2.67 bits per heavy atom. The topological polar surface area (TPSA) is 69.9 Å². The van der Waals surface area contributed by atoms with Crippen LogP contribution < -0.4 is 0 Å².